The van der Waals surface area contributed by atoms with Gasteiger partial charge >= 0.3 is 0 Å². The van der Waals surface area contributed by atoms with Crippen LogP contribution < -0.4 is 10.6 Å². The summed E-state index contributed by atoms with van der Waals surface area (Å²) in [5, 5.41) is 6.97. The summed E-state index contributed by atoms with van der Waals surface area (Å²) in [5.41, 5.74) is -0.675. The lowest BCUT2D eigenvalue weighted by atomic mass is 9.92. The van der Waals surface area contributed by atoms with Gasteiger partial charge in [-0.15, -0.1) is 0 Å². The first kappa shape index (κ1) is 45.5. The van der Waals surface area contributed by atoms with Crippen LogP contribution >= 0.6 is 43.2 Å². The monoisotopic (exact) mass is 792 g/mol. The Kier molecular flexibility index (Phi) is 28.4. The first-order valence-corrected chi connectivity index (χ1v) is 21.1. The molecule has 0 unspecified atom stereocenters. The molecule has 0 aromatic carbocycles. The summed E-state index contributed by atoms with van der Waals surface area (Å²) in [4.78, 5) is 31.5. The largest absolute Gasteiger partial charge is 0.378 e. The highest BCUT2D eigenvalue weighted by atomic mass is 33.1. The quantitative estimate of drug-likeness (QED) is 0.0786. The average molecular weight is 793 g/mol. The summed E-state index contributed by atoms with van der Waals surface area (Å²) in [6, 6.07) is 11.7. The van der Waals surface area contributed by atoms with Gasteiger partial charge in [0.1, 0.15) is 23.3 Å². The molecule has 0 radical (unpaired) electrons. The molecule has 2 amide bonds. The summed E-state index contributed by atoms with van der Waals surface area (Å²) in [7, 11) is 9.72. The first-order chi connectivity index (χ1) is 25.1. The molecule has 0 fully saturated rings. The fraction of sp³-hybridized carbons (Fsp3) is 0.636. The summed E-state index contributed by atoms with van der Waals surface area (Å²) in [6.07, 6.45) is 3.56. The summed E-state index contributed by atoms with van der Waals surface area (Å²) in [6.45, 7) is 4.77. The van der Waals surface area contributed by atoms with E-state index < -0.39 is 5.41 Å². The van der Waals surface area contributed by atoms with Crippen LogP contribution in [0.25, 0.3) is 0 Å². The molecule has 18 heteroatoms. The molecule has 0 aliphatic carbocycles. The van der Waals surface area contributed by atoms with Gasteiger partial charge in [0, 0.05) is 38.0 Å². The number of amides is 2. The molecular weight excluding hydrogens is 741 g/mol. The molecule has 288 valence electrons. The van der Waals surface area contributed by atoms with Crippen LogP contribution in [-0.4, -0.2) is 153 Å². The topological polar surface area (TPSA) is 158 Å². The molecule has 0 saturated heterocycles. The molecule has 2 N–H and O–H groups in total. The number of hydrogen-bond donors (Lipinski definition) is 2. The molecule has 0 aliphatic heterocycles. The summed E-state index contributed by atoms with van der Waals surface area (Å²) < 4.78 is 46.5. The van der Waals surface area contributed by atoms with Gasteiger partial charge in [0.05, 0.1) is 97.9 Å². The van der Waals surface area contributed by atoms with Gasteiger partial charge in [0.15, 0.2) is 0 Å². The fourth-order valence-electron chi connectivity index (χ4n) is 3.74. The Morgan fingerprint density at radius 2 is 0.922 bits per heavy atom. The van der Waals surface area contributed by atoms with E-state index in [1.54, 1.807) is 69.7 Å². The second-order valence-corrected chi connectivity index (χ2v) is 15.4. The normalized spacial score (nSPS) is 11.5. The minimum atomic E-state index is -0.675. The van der Waals surface area contributed by atoms with E-state index in [2.05, 4.69) is 20.6 Å². The number of carbonyl (C=O) groups is 2. The second kappa shape index (κ2) is 31.8. The first-order valence-electron chi connectivity index (χ1n) is 16.5. The van der Waals surface area contributed by atoms with Crippen molar-refractivity contribution < 1.29 is 47.5 Å². The van der Waals surface area contributed by atoms with Crippen molar-refractivity contribution in [2.24, 2.45) is 5.41 Å². The zero-order valence-corrected chi connectivity index (χ0v) is 32.7. The molecule has 0 aliphatic rings. The van der Waals surface area contributed by atoms with Crippen molar-refractivity contribution in [2.75, 3.05) is 131 Å². The van der Waals surface area contributed by atoms with Gasteiger partial charge in [-0.25, -0.2) is 9.97 Å². The van der Waals surface area contributed by atoms with Crippen LogP contribution in [0.15, 0.2) is 58.8 Å². The Hall–Kier alpha value is -1.68. The Bertz CT molecular complexity index is 1050. The average Bonchev–Trinajstić information content (AvgIpc) is 3.16. The lowest BCUT2D eigenvalue weighted by Crippen LogP contribution is -2.43. The zero-order chi connectivity index (χ0) is 36.5. The lowest BCUT2D eigenvalue weighted by molar-refractivity contribution is -0.130. The number of rotatable bonds is 34. The van der Waals surface area contributed by atoms with Gasteiger partial charge in [-0.1, -0.05) is 33.7 Å². The number of carbonyl (C=O) groups excluding carboxylic acids is 2. The van der Waals surface area contributed by atoms with Crippen LogP contribution in [0.1, 0.15) is 0 Å². The van der Waals surface area contributed by atoms with Gasteiger partial charge in [-0.05, 0) is 45.9 Å². The molecule has 0 bridgehead atoms. The van der Waals surface area contributed by atoms with Crippen LogP contribution in [0, 0.1) is 5.41 Å². The molecule has 2 heterocycles. The van der Waals surface area contributed by atoms with E-state index in [4.69, 9.17) is 37.9 Å². The molecule has 2 rings (SSSR count). The van der Waals surface area contributed by atoms with E-state index in [0.29, 0.717) is 39.6 Å². The molecule has 0 spiro atoms. The summed E-state index contributed by atoms with van der Waals surface area (Å²) >= 11 is 0. The van der Waals surface area contributed by atoms with Crippen molar-refractivity contribution in [1.82, 2.24) is 20.6 Å². The van der Waals surface area contributed by atoms with E-state index >= 15 is 0 Å². The van der Waals surface area contributed by atoms with Crippen LogP contribution in [0.2, 0.25) is 0 Å². The number of ether oxygens (including phenoxy) is 8. The maximum absolute atomic E-state index is 11.5. The van der Waals surface area contributed by atoms with Gasteiger partial charge < -0.3 is 48.5 Å². The van der Waals surface area contributed by atoms with E-state index in [0.717, 1.165) is 21.6 Å². The van der Waals surface area contributed by atoms with Crippen molar-refractivity contribution >= 4 is 55.0 Å². The highest BCUT2D eigenvalue weighted by molar-refractivity contribution is 8.77. The van der Waals surface area contributed by atoms with Crippen LogP contribution in [0.5, 0.6) is 0 Å². The van der Waals surface area contributed by atoms with E-state index in [-0.39, 0.29) is 77.9 Å². The SMILES string of the molecule is CNC(=O)COCCOCC(COCCOCCSSc1ccccn1)(COCCOCCSSc1ccccn1)COCCOCC(=O)NC. The van der Waals surface area contributed by atoms with Crippen LogP contribution in [0.3, 0.4) is 0 Å². The van der Waals surface area contributed by atoms with Crippen molar-refractivity contribution in [2.45, 2.75) is 10.1 Å². The van der Waals surface area contributed by atoms with Crippen molar-refractivity contribution in [3.8, 4) is 0 Å². The molecule has 0 atom stereocenters. The van der Waals surface area contributed by atoms with E-state index in [1.807, 2.05) is 36.4 Å². The Morgan fingerprint density at radius 3 is 1.27 bits per heavy atom. The molecule has 14 nitrogen and oxygen atoms in total. The number of likely N-dealkylation sites (N-methyl/N-ethyl adjacent to an activating group) is 2. The minimum absolute atomic E-state index is 0.0446. The lowest BCUT2D eigenvalue weighted by Gasteiger charge is -2.33. The Balaban J connectivity index is 1.81. The Morgan fingerprint density at radius 1 is 0.549 bits per heavy atom. The van der Waals surface area contributed by atoms with Gasteiger partial charge in [-0.3, -0.25) is 9.59 Å². The predicted octanol–water partition coefficient (Wildman–Crippen LogP) is 3.27. The fourth-order valence-corrected chi connectivity index (χ4v) is 7.22. The van der Waals surface area contributed by atoms with E-state index in [1.165, 1.54) is 0 Å². The predicted molar refractivity (Wildman–Crippen MR) is 202 cm³/mol. The van der Waals surface area contributed by atoms with Crippen molar-refractivity contribution in [1.29, 1.82) is 0 Å². The maximum atomic E-state index is 11.5. The number of pyridine rings is 2. The minimum Gasteiger partial charge on any atom is -0.378 e. The second-order valence-electron chi connectivity index (χ2n) is 10.5. The molecule has 0 saturated carbocycles. The third-order valence-corrected chi connectivity index (χ3v) is 10.8. The standard InChI is InChI=1S/C33H52N4O10S4/c1-34-29(38)23-42-13-17-46-27-33(28-47-18-14-43-24-30(39)35-2,25-44-15-11-40-19-21-48-50-31-7-3-5-9-36-31)26-45-16-12-41-20-22-49-51-32-8-4-6-10-37-32/h3-10H,11-28H2,1-2H3,(H,34,38)(H,35,39). The smallest absolute Gasteiger partial charge is 0.245 e. The van der Waals surface area contributed by atoms with E-state index in [9.17, 15) is 9.59 Å². The number of nitrogens with zero attached hydrogens (tertiary/aromatic N) is 2. The molecule has 51 heavy (non-hydrogen) atoms. The van der Waals surface area contributed by atoms with Crippen LogP contribution in [0.4, 0.5) is 0 Å². The van der Waals surface area contributed by atoms with Gasteiger partial charge in [-0.2, -0.15) is 0 Å². The molecular formula is C33H52N4O10S4. The number of nitrogens with one attached hydrogen (secondary N) is 2. The molecule has 2 aromatic rings. The summed E-state index contributed by atoms with van der Waals surface area (Å²) in [5.74, 6) is 1.21. The van der Waals surface area contributed by atoms with Crippen molar-refractivity contribution in [3.63, 3.8) is 0 Å². The van der Waals surface area contributed by atoms with Crippen molar-refractivity contribution in [3.05, 3.63) is 48.8 Å². The zero-order valence-electron chi connectivity index (χ0n) is 29.5. The third kappa shape index (κ3) is 25.1. The van der Waals surface area contributed by atoms with Gasteiger partial charge in [0.2, 0.25) is 11.8 Å². The highest BCUT2D eigenvalue weighted by Gasteiger charge is 2.32. The van der Waals surface area contributed by atoms with Gasteiger partial charge in [0.25, 0.3) is 0 Å². The number of hydrogen-bond acceptors (Lipinski definition) is 16. The molecule has 2 aromatic heterocycles. The third-order valence-electron chi connectivity index (χ3n) is 6.33. The van der Waals surface area contributed by atoms with Crippen LogP contribution in [-0.2, 0) is 47.5 Å². The highest BCUT2D eigenvalue weighted by Crippen LogP contribution is 2.29. The Labute approximate surface area is 317 Å². The number of aromatic nitrogens is 2. The maximum Gasteiger partial charge on any atom is 0.245 e.